The average molecular weight is 502 g/mol. The fourth-order valence-electron chi connectivity index (χ4n) is 5.41. The van der Waals surface area contributed by atoms with Gasteiger partial charge in [0.2, 0.25) is 0 Å². The number of nitrogens with one attached hydrogen (secondary N) is 1. The minimum atomic E-state index is -1.47. The Morgan fingerprint density at radius 2 is 1.45 bits per heavy atom. The van der Waals surface area contributed by atoms with E-state index < -0.39 is 29.2 Å². The van der Waals surface area contributed by atoms with Gasteiger partial charge in [-0.25, -0.2) is 9.18 Å². The lowest BCUT2D eigenvalue weighted by Gasteiger charge is -2.44. The summed E-state index contributed by atoms with van der Waals surface area (Å²) in [5.74, 6) is -1.52. The molecule has 1 N–H and O–H groups in total. The van der Waals surface area contributed by atoms with Crippen molar-refractivity contribution in [3.8, 4) is 5.75 Å². The molecule has 4 nitrogen and oxygen atoms in total. The summed E-state index contributed by atoms with van der Waals surface area (Å²) in [5, 5.41) is 4.85. The van der Waals surface area contributed by atoms with Crippen LogP contribution in [-0.4, -0.2) is 17.4 Å². The van der Waals surface area contributed by atoms with Crippen LogP contribution in [0.1, 0.15) is 33.0 Å². The summed E-state index contributed by atoms with van der Waals surface area (Å²) in [6.45, 7) is 0. The maximum atomic E-state index is 14.2. The summed E-state index contributed by atoms with van der Waals surface area (Å²) < 4.78 is 19.7. The summed E-state index contributed by atoms with van der Waals surface area (Å²) in [6.07, 6.45) is 0.200. The van der Waals surface area contributed by atoms with Crippen LogP contribution in [-0.2, 0) is 11.2 Å². The van der Waals surface area contributed by atoms with Crippen molar-refractivity contribution in [3.05, 3.63) is 149 Å². The van der Waals surface area contributed by atoms with E-state index in [4.69, 9.17) is 4.74 Å². The molecule has 0 aromatic heterocycles. The van der Waals surface area contributed by atoms with Gasteiger partial charge in [-0.3, -0.25) is 4.79 Å². The van der Waals surface area contributed by atoms with Gasteiger partial charge < -0.3 is 10.1 Å². The molecule has 0 radical (unpaired) electrons. The molecule has 5 aromatic rings. The van der Waals surface area contributed by atoms with Gasteiger partial charge in [0.05, 0.1) is 0 Å². The number of halogens is 1. The first-order chi connectivity index (χ1) is 18.5. The standard InChI is InChI=1S/C33H24FNO3/c34-26-18-15-25(16-19-26)31(36)35-33(21-22-9-3-1-4-10-22)29(24-12-5-2-6-13-24)28-20-17-23-11-7-8-14-27(23)30(28)38-32(33)37/h1-20,29H,21H2,(H,35,36)/t29-,33-/m0/s1. The topological polar surface area (TPSA) is 55.4 Å². The zero-order valence-corrected chi connectivity index (χ0v) is 20.4. The number of carbonyl (C=O) groups excluding carboxylic acids is 2. The number of hydrogen-bond acceptors (Lipinski definition) is 3. The van der Waals surface area contributed by atoms with Crippen LogP contribution in [0, 0.1) is 5.82 Å². The zero-order valence-electron chi connectivity index (χ0n) is 20.4. The highest BCUT2D eigenvalue weighted by molar-refractivity contribution is 6.02. The lowest BCUT2D eigenvalue weighted by molar-refractivity contribution is -0.143. The Balaban J connectivity index is 1.58. The first-order valence-electron chi connectivity index (χ1n) is 12.5. The van der Waals surface area contributed by atoms with E-state index in [9.17, 15) is 14.0 Å². The third kappa shape index (κ3) is 4.12. The predicted octanol–water partition coefficient (Wildman–Crippen LogP) is 6.44. The van der Waals surface area contributed by atoms with Crippen LogP contribution in [0.25, 0.3) is 10.8 Å². The Morgan fingerprint density at radius 3 is 2.18 bits per heavy atom. The number of esters is 1. The third-order valence-electron chi connectivity index (χ3n) is 7.17. The SMILES string of the molecule is O=C(N[C@]1(Cc2ccccc2)C(=O)Oc2c(ccc3ccccc23)[C@@H]1c1ccccc1)c1ccc(F)cc1. The van der Waals surface area contributed by atoms with Gasteiger partial charge >= 0.3 is 5.97 Å². The number of carbonyl (C=O) groups is 2. The van der Waals surface area contributed by atoms with Gasteiger partial charge in [0.25, 0.3) is 5.91 Å². The molecule has 38 heavy (non-hydrogen) atoms. The van der Waals surface area contributed by atoms with E-state index in [0.717, 1.165) is 27.5 Å². The summed E-state index contributed by atoms with van der Waals surface area (Å²) >= 11 is 0. The van der Waals surface area contributed by atoms with Crippen LogP contribution in [0.15, 0.2) is 121 Å². The monoisotopic (exact) mass is 501 g/mol. The molecule has 0 unspecified atom stereocenters. The molecule has 5 aromatic carbocycles. The maximum Gasteiger partial charge on any atom is 0.338 e. The molecule has 5 heteroatoms. The molecular weight excluding hydrogens is 477 g/mol. The molecule has 1 aliphatic rings. The highest BCUT2D eigenvalue weighted by atomic mass is 19.1. The van der Waals surface area contributed by atoms with Crippen LogP contribution in [0.3, 0.4) is 0 Å². The molecule has 0 saturated heterocycles. The lowest BCUT2D eigenvalue weighted by atomic mass is 9.69. The van der Waals surface area contributed by atoms with Crippen LogP contribution < -0.4 is 10.1 Å². The predicted molar refractivity (Wildman–Crippen MR) is 145 cm³/mol. The fraction of sp³-hybridized carbons (Fsp3) is 0.0909. The Hall–Kier alpha value is -4.77. The van der Waals surface area contributed by atoms with Crippen LogP contribution in [0.5, 0.6) is 5.75 Å². The van der Waals surface area contributed by atoms with Crippen LogP contribution >= 0.6 is 0 Å². The van der Waals surface area contributed by atoms with Gasteiger partial charge in [0.1, 0.15) is 11.6 Å². The minimum Gasteiger partial charge on any atom is -0.424 e. The van der Waals surface area contributed by atoms with E-state index in [2.05, 4.69) is 5.32 Å². The van der Waals surface area contributed by atoms with Crippen molar-refractivity contribution in [3.63, 3.8) is 0 Å². The molecule has 1 heterocycles. The molecule has 6 rings (SSSR count). The molecule has 1 amide bonds. The number of fused-ring (bicyclic) bond motifs is 3. The molecule has 2 atom stereocenters. The van der Waals surface area contributed by atoms with Crippen molar-refractivity contribution in [2.45, 2.75) is 17.9 Å². The molecule has 0 fully saturated rings. The maximum absolute atomic E-state index is 14.2. The molecule has 186 valence electrons. The Morgan fingerprint density at radius 1 is 0.789 bits per heavy atom. The second-order valence-electron chi connectivity index (χ2n) is 9.53. The second-order valence-corrected chi connectivity index (χ2v) is 9.53. The van der Waals surface area contributed by atoms with E-state index in [1.165, 1.54) is 24.3 Å². The number of hydrogen-bond donors (Lipinski definition) is 1. The first-order valence-corrected chi connectivity index (χ1v) is 12.5. The number of amides is 1. The summed E-state index contributed by atoms with van der Waals surface area (Å²) in [5.41, 5.74) is 1.33. The quantitative estimate of drug-likeness (QED) is 0.223. The molecule has 0 bridgehead atoms. The fourth-order valence-corrected chi connectivity index (χ4v) is 5.41. The lowest BCUT2D eigenvalue weighted by Crippen LogP contribution is -2.63. The van der Waals surface area contributed by atoms with Gasteiger partial charge in [-0.15, -0.1) is 0 Å². The molecule has 0 spiro atoms. The van der Waals surface area contributed by atoms with E-state index >= 15 is 0 Å². The van der Waals surface area contributed by atoms with Crippen molar-refractivity contribution < 1.29 is 18.7 Å². The van der Waals surface area contributed by atoms with E-state index in [0.29, 0.717) is 5.75 Å². The minimum absolute atomic E-state index is 0.200. The first kappa shape index (κ1) is 23.6. The van der Waals surface area contributed by atoms with E-state index in [-0.39, 0.29) is 12.0 Å². The van der Waals surface area contributed by atoms with Crippen molar-refractivity contribution in [2.24, 2.45) is 0 Å². The van der Waals surface area contributed by atoms with Gasteiger partial charge in [-0.2, -0.15) is 0 Å². The van der Waals surface area contributed by atoms with E-state index in [1.807, 2.05) is 97.1 Å². The van der Waals surface area contributed by atoms with Crippen molar-refractivity contribution in [2.75, 3.05) is 0 Å². The second kappa shape index (κ2) is 9.60. The largest absolute Gasteiger partial charge is 0.424 e. The van der Waals surface area contributed by atoms with Gasteiger partial charge in [-0.05, 0) is 40.8 Å². The van der Waals surface area contributed by atoms with Gasteiger partial charge in [0.15, 0.2) is 5.54 Å². The highest BCUT2D eigenvalue weighted by Crippen LogP contribution is 2.48. The van der Waals surface area contributed by atoms with E-state index in [1.54, 1.807) is 0 Å². The highest BCUT2D eigenvalue weighted by Gasteiger charge is 2.54. The molecule has 0 aliphatic carbocycles. The third-order valence-corrected chi connectivity index (χ3v) is 7.17. The molecule has 1 aliphatic heterocycles. The summed E-state index contributed by atoms with van der Waals surface area (Å²) in [6, 6.07) is 36.3. The smallest absolute Gasteiger partial charge is 0.338 e. The van der Waals surface area contributed by atoms with Gasteiger partial charge in [-0.1, -0.05) is 97.1 Å². The number of benzene rings is 5. The normalized spacial score (nSPS) is 18.4. The molecular formula is C33H24FNO3. The Labute approximate surface area is 219 Å². The van der Waals surface area contributed by atoms with Crippen LogP contribution in [0.2, 0.25) is 0 Å². The van der Waals surface area contributed by atoms with Crippen molar-refractivity contribution in [1.82, 2.24) is 5.32 Å². The van der Waals surface area contributed by atoms with Gasteiger partial charge in [0, 0.05) is 28.9 Å². The van der Waals surface area contributed by atoms with Crippen molar-refractivity contribution in [1.29, 1.82) is 0 Å². The van der Waals surface area contributed by atoms with Crippen molar-refractivity contribution >= 4 is 22.6 Å². The number of rotatable bonds is 5. The Bertz CT molecular complexity index is 1630. The zero-order chi connectivity index (χ0) is 26.1. The average Bonchev–Trinajstić information content (AvgIpc) is 2.95. The van der Waals surface area contributed by atoms with Crippen LogP contribution in [0.4, 0.5) is 4.39 Å². The summed E-state index contributed by atoms with van der Waals surface area (Å²) in [4.78, 5) is 27.9. The number of ether oxygens (including phenoxy) is 1. The molecule has 0 saturated carbocycles. The Kier molecular flexibility index (Phi) is 5.97. The summed E-state index contributed by atoms with van der Waals surface area (Å²) in [7, 11) is 0.